The van der Waals surface area contributed by atoms with Crippen molar-refractivity contribution in [2.24, 2.45) is 5.73 Å². The summed E-state index contributed by atoms with van der Waals surface area (Å²) < 4.78 is 36.5. The molecule has 0 radical (unpaired) electrons. The number of hydrogen-bond acceptors (Lipinski definition) is 3. The molecule has 1 fully saturated rings. The molecule has 1 unspecified atom stereocenters. The zero-order chi connectivity index (χ0) is 12.9. The zero-order valence-corrected chi connectivity index (χ0v) is 10.3. The lowest BCUT2D eigenvalue weighted by Gasteiger charge is -2.36. The normalized spacial score (nSPS) is 21.7. The van der Waals surface area contributed by atoms with Crippen LogP contribution in [0.5, 0.6) is 0 Å². The van der Waals surface area contributed by atoms with E-state index in [2.05, 4.69) is 11.8 Å². The minimum Gasteiger partial charge on any atom is -0.327 e. The Hall–Kier alpha value is -0.330. The molecule has 0 bridgehead atoms. The van der Waals surface area contributed by atoms with E-state index in [9.17, 15) is 13.2 Å². The highest BCUT2D eigenvalue weighted by Gasteiger charge is 2.32. The minimum absolute atomic E-state index is 0.147. The number of alkyl halides is 3. The highest BCUT2D eigenvalue weighted by Crippen LogP contribution is 2.17. The first kappa shape index (κ1) is 14.7. The molecular formula is C11H22F3N3. The van der Waals surface area contributed by atoms with Gasteiger partial charge in [0, 0.05) is 38.8 Å². The third-order valence-corrected chi connectivity index (χ3v) is 3.02. The molecule has 2 N–H and O–H groups in total. The molecule has 0 aromatic heterocycles. The van der Waals surface area contributed by atoms with Crippen LogP contribution >= 0.6 is 0 Å². The van der Waals surface area contributed by atoms with Gasteiger partial charge in [-0.1, -0.05) is 13.3 Å². The summed E-state index contributed by atoms with van der Waals surface area (Å²) in [5.41, 5.74) is 5.92. The van der Waals surface area contributed by atoms with E-state index >= 15 is 0 Å². The van der Waals surface area contributed by atoms with Crippen molar-refractivity contribution in [1.29, 1.82) is 0 Å². The molecule has 0 aromatic rings. The van der Waals surface area contributed by atoms with Crippen molar-refractivity contribution in [2.45, 2.75) is 32.0 Å². The van der Waals surface area contributed by atoms with Gasteiger partial charge in [0.05, 0.1) is 6.54 Å². The molecule has 102 valence electrons. The van der Waals surface area contributed by atoms with Gasteiger partial charge in [0.1, 0.15) is 0 Å². The van der Waals surface area contributed by atoms with Crippen LogP contribution in [0.4, 0.5) is 13.2 Å². The highest BCUT2D eigenvalue weighted by molar-refractivity contribution is 4.76. The Morgan fingerprint density at radius 3 is 2.12 bits per heavy atom. The molecule has 0 aliphatic carbocycles. The molecule has 3 nitrogen and oxygen atoms in total. The number of halogens is 3. The van der Waals surface area contributed by atoms with Gasteiger partial charge in [-0.05, 0) is 6.42 Å². The SMILES string of the molecule is CCCC(N)CN1CCN(CC(F)(F)F)CC1. The Labute approximate surface area is 101 Å². The van der Waals surface area contributed by atoms with Crippen molar-refractivity contribution in [3.05, 3.63) is 0 Å². The first-order valence-electron chi connectivity index (χ1n) is 6.17. The molecule has 1 aliphatic rings. The lowest BCUT2D eigenvalue weighted by Crippen LogP contribution is -2.51. The summed E-state index contributed by atoms with van der Waals surface area (Å²) in [7, 11) is 0. The molecule has 0 amide bonds. The molecule has 1 saturated heterocycles. The van der Waals surface area contributed by atoms with Crippen molar-refractivity contribution in [1.82, 2.24) is 9.80 Å². The second-order valence-corrected chi connectivity index (χ2v) is 4.74. The third-order valence-electron chi connectivity index (χ3n) is 3.02. The van der Waals surface area contributed by atoms with Crippen LogP contribution in [0, 0.1) is 0 Å². The van der Waals surface area contributed by atoms with Gasteiger partial charge in [0.25, 0.3) is 0 Å². The van der Waals surface area contributed by atoms with Gasteiger partial charge in [-0.3, -0.25) is 9.80 Å². The van der Waals surface area contributed by atoms with Crippen LogP contribution in [0.3, 0.4) is 0 Å². The standard InChI is InChI=1S/C11H22F3N3/c1-2-3-10(15)8-16-4-6-17(7-5-16)9-11(12,13)14/h10H,2-9,15H2,1H3. The predicted octanol–water partition coefficient (Wildman–Crippen LogP) is 1.29. The number of hydrogen-bond donors (Lipinski definition) is 1. The van der Waals surface area contributed by atoms with Gasteiger partial charge in [-0.15, -0.1) is 0 Å². The average Bonchev–Trinajstić information content (AvgIpc) is 2.19. The van der Waals surface area contributed by atoms with Crippen LogP contribution in [0.25, 0.3) is 0 Å². The van der Waals surface area contributed by atoms with Crippen molar-refractivity contribution in [3.63, 3.8) is 0 Å². The number of nitrogens with zero attached hydrogens (tertiary/aromatic N) is 2. The van der Waals surface area contributed by atoms with Crippen LogP contribution < -0.4 is 5.73 Å². The van der Waals surface area contributed by atoms with Crippen molar-refractivity contribution >= 4 is 0 Å². The van der Waals surface area contributed by atoms with Crippen molar-refractivity contribution < 1.29 is 13.2 Å². The van der Waals surface area contributed by atoms with E-state index in [1.54, 1.807) is 0 Å². The van der Waals surface area contributed by atoms with E-state index in [1.807, 2.05) is 0 Å². The number of rotatable bonds is 5. The topological polar surface area (TPSA) is 32.5 Å². The minimum atomic E-state index is -4.08. The molecule has 6 heteroatoms. The summed E-state index contributed by atoms with van der Waals surface area (Å²) in [4.78, 5) is 3.62. The Morgan fingerprint density at radius 2 is 1.65 bits per heavy atom. The molecule has 1 heterocycles. The highest BCUT2D eigenvalue weighted by atomic mass is 19.4. The Balaban J connectivity index is 2.21. The van der Waals surface area contributed by atoms with Crippen LogP contribution in [0.15, 0.2) is 0 Å². The van der Waals surface area contributed by atoms with Gasteiger partial charge in [0.2, 0.25) is 0 Å². The predicted molar refractivity (Wildman–Crippen MR) is 61.8 cm³/mol. The van der Waals surface area contributed by atoms with Crippen molar-refractivity contribution in [2.75, 3.05) is 39.3 Å². The summed E-state index contributed by atoms with van der Waals surface area (Å²) in [5, 5.41) is 0. The fourth-order valence-corrected chi connectivity index (χ4v) is 2.18. The first-order chi connectivity index (χ1) is 7.90. The maximum atomic E-state index is 12.2. The third kappa shape index (κ3) is 6.24. The summed E-state index contributed by atoms with van der Waals surface area (Å²) in [5.74, 6) is 0. The second-order valence-electron chi connectivity index (χ2n) is 4.74. The van der Waals surface area contributed by atoms with E-state index in [-0.39, 0.29) is 6.04 Å². The number of piperazine rings is 1. The van der Waals surface area contributed by atoms with E-state index in [0.717, 1.165) is 19.4 Å². The van der Waals surface area contributed by atoms with Gasteiger partial charge < -0.3 is 5.73 Å². The van der Waals surface area contributed by atoms with Gasteiger partial charge in [-0.25, -0.2) is 0 Å². The Morgan fingerprint density at radius 1 is 1.12 bits per heavy atom. The number of nitrogens with two attached hydrogens (primary N) is 1. The van der Waals surface area contributed by atoms with E-state index in [0.29, 0.717) is 26.2 Å². The maximum absolute atomic E-state index is 12.2. The monoisotopic (exact) mass is 253 g/mol. The average molecular weight is 253 g/mol. The van der Waals surface area contributed by atoms with Gasteiger partial charge in [-0.2, -0.15) is 13.2 Å². The molecule has 0 saturated carbocycles. The van der Waals surface area contributed by atoms with E-state index < -0.39 is 12.7 Å². The van der Waals surface area contributed by atoms with Gasteiger partial charge >= 0.3 is 6.18 Å². The largest absolute Gasteiger partial charge is 0.401 e. The quantitative estimate of drug-likeness (QED) is 0.801. The fourth-order valence-electron chi connectivity index (χ4n) is 2.18. The molecule has 0 aromatic carbocycles. The summed E-state index contributed by atoms with van der Waals surface area (Å²) in [6, 6.07) is 0.147. The molecule has 0 spiro atoms. The lowest BCUT2D eigenvalue weighted by molar-refractivity contribution is -0.149. The summed E-state index contributed by atoms with van der Waals surface area (Å²) in [6.45, 7) is 4.44. The lowest BCUT2D eigenvalue weighted by atomic mass is 10.1. The maximum Gasteiger partial charge on any atom is 0.401 e. The zero-order valence-electron chi connectivity index (χ0n) is 10.3. The van der Waals surface area contributed by atoms with Crippen LogP contribution in [0.1, 0.15) is 19.8 Å². The Bertz CT molecular complexity index is 212. The molecule has 1 aliphatic heterocycles. The van der Waals surface area contributed by atoms with E-state index in [4.69, 9.17) is 5.73 Å². The molecular weight excluding hydrogens is 231 g/mol. The smallest absolute Gasteiger partial charge is 0.327 e. The van der Waals surface area contributed by atoms with Crippen LogP contribution in [-0.4, -0.2) is 61.3 Å². The van der Waals surface area contributed by atoms with E-state index in [1.165, 1.54) is 4.90 Å². The first-order valence-corrected chi connectivity index (χ1v) is 6.17. The second kappa shape index (κ2) is 6.56. The fraction of sp³-hybridized carbons (Fsp3) is 1.00. The van der Waals surface area contributed by atoms with Crippen LogP contribution in [-0.2, 0) is 0 Å². The molecule has 1 rings (SSSR count). The van der Waals surface area contributed by atoms with Crippen molar-refractivity contribution in [3.8, 4) is 0 Å². The van der Waals surface area contributed by atoms with Gasteiger partial charge in [0.15, 0.2) is 0 Å². The Kier molecular flexibility index (Phi) is 5.69. The molecule has 17 heavy (non-hydrogen) atoms. The summed E-state index contributed by atoms with van der Waals surface area (Å²) in [6.07, 6.45) is -2.06. The van der Waals surface area contributed by atoms with Crippen LogP contribution in [0.2, 0.25) is 0 Å². The molecule has 1 atom stereocenters. The summed E-state index contributed by atoms with van der Waals surface area (Å²) >= 11 is 0.